The molecule has 0 rings (SSSR count). The Morgan fingerprint density at radius 1 is 1.40 bits per heavy atom. The molecule has 0 radical (unpaired) electrons. The van der Waals surface area contributed by atoms with E-state index < -0.39 is 28.2 Å². The van der Waals surface area contributed by atoms with Crippen LogP contribution in [0.1, 0.15) is 27.7 Å². The summed E-state index contributed by atoms with van der Waals surface area (Å²) in [6.45, 7) is 5.70. The number of ether oxygens (including phenoxy) is 1. The van der Waals surface area contributed by atoms with Crippen molar-refractivity contribution < 1.29 is 22.3 Å². The van der Waals surface area contributed by atoms with Crippen molar-refractivity contribution in [2.24, 2.45) is 0 Å². The van der Waals surface area contributed by atoms with Crippen molar-refractivity contribution in [1.82, 2.24) is 9.44 Å². The van der Waals surface area contributed by atoms with Gasteiger partial charge in [-0.25, -0.2) is 13.9 Å². The highest BCUT2D eigenvalue weighted by Crippen LogP contribution is 2.06. The molecule has 0 fully saturated rings. The van der Waals surface area contributed by atoms with Gasteiger partial charge >= 0.3 is 16.3 Å². The Hall–Kier alpha value is -0.890. The molecule has 0 aromatic carbocycles. The molecule has 0 saturated heterocycles. The van der Waals surface area contributed by atoms with Gasteiger partial charge in [-0.2, -0.15) is 13.1 Å². The lowest BCUT2D eigenvalue weighted by Gasteiger charge is -2.19. The lowest BCUT2D eigenvalue weighted by Crippen LogP contribution is -2.44. The van der Waals surface area contributed by atoms with Crippen LogP contribution in [-0.2, 0) is 14.9 Å². The van der Waals surface area contributed by atoms with E-state index in [4.69, 9.17) is 0 Å². The molecule has 0 aromatic heterocycles. The Bertz CT molecular complexity index is 320. The molecule has 0 spiro atoms. The van der Waals surface area contributed by atoms with Gasteiger partial charge in [0.2, 0.25) is 0 Å². The number of amides is 1. The molecule has 1 unspecified atom stereocenters. The van der Waals surface area contributed by atoms with Gasteiger partial charge in [0.15, 0.2) is 6.30 Å². The van der Waals surface area contributed by atoms with E-state index in [0.717, 1.165) is 6.92 Å². The highest BCUT2D eigenvalue weighted by atomic mass is 32.2. The van der Waals surface area contributed by atoms with Crippen LogP contribution in [0.15, 0.2) is 0 Å². The lowest BCUT2D eigenvalue weighted by atomic mass is 10.2. The number of halogens is 1. The van der Waals surface area contributed by atoms with Crippen LogP contribution in [0.3, 0.4) is 0 Å². The van der Waals surface area contributed by atoms with Crippen molar-refractivity contribution in [2.45, 2.75) is 39.6 Å². The van der Waals surface area contributed by atoms with Gasteiger partial charge in [-0.15, -0.1) is 0 Å². The molecular weight excluding hydrogens is 227 g/mol. The monoisotopic (exact) mass is 242 g/mol. The maximum atomic E-state index is 12.3. The first-order valence-electron chi connectivity index (χ1n) is 4.19. The van der Waals surface area contributed by atoms with E-state index in [2.05, 4.69) is 4.74 Å². The zero-order chi connectivity index (χ0) is 12.3. The standard InChI is InChI=1S/C7H15FN2O4S/c1-5(8)9-15(12,13)10-6(11)14-7(2,3)4/h5,9H,1-4H3,(H,10,11). The summed E-state index contributed by atoms with van der Waals surface area (Å²) >= 11 is 0. The summed E-state index contributed by atoms with van der Waals surface area (Å²) in [4.78, 5) is 11.0. The fourth-order valence-corrected chi connectivity index (χ4v) is 1.40. The van der Waals surface area contributed by atoms with Crippen LogP contribution in [0.5, 0.6) is 0 Å². The molecule has 0 heterocycles. The summed E-state index contributed by atoms with van der Waals surface area (Å²) in [6, 6.07) is 0. The van der Waals surface area contributed by atoms with E-state index in [9.17, 15) is 17.6 Å². The quantitative estimate of drug-likeness (QED) is 0.712. The summed E-state index contributed by atoms with van der Waals surface area (Å²) in [5.41, 5.74) is -0.819. The summed E-state index contributed by atoms with van der Waals surface area (Å²) in [6.07, 6.45) is -2.94. The van der Waals surface area contributed by atoms with E-state index in [-0.39, 0.29) is 0 Å². The Balaban J connectivity index is 4.30. The zero-order valence-electron chi connectivity index (χ0n) is 9.00. The molecule has 0 saturated carbocycles. The summed E-state index contributed by atoms with van der Waals surface area (Å²) in [5, 5.41) is 0. The van der Waals surface area contributed by atoms with Gasteiger partial charge < -0.3 is 4.74 Å². The first-order valence-corrected chi connectivity index (χ1v) is 5.67. The van der Waals surface area contributed by atoms with Crippen LogP contribution < -0.4 is 9.44 Å². The van der Waals surface area contributed by atoms with Gasteiger partial charge in [0, 0.05) is 0 Å². The van der Waals surface area contributed by atoms with Crippen LogP contribution in [0.4, 0.5) is 9.18 Å². The molecule has 15 heavy (non-hydrogen) atoms. The third kappa shape index (κ3) is 8.13. The second-order valence-corrected chi connectivity index (χ2v) is 5.29. The molecule has 6 nitrogen and oxygen atoms in total. The molecule has 0 bridgehead atoms. The van der Waals surface area contributed by atoms with Crippen LogP contribution in [0.25, 0.3) is 0 Å². The second-order valence-electron chi connectivity index (χ2n) is 3.84. The minimum atomic E-state index is -4.20. The van der Waals surface area contributed by atoms with Crippen molar-refractivity contribution in [3.8, 4) is 0 Å². The maximum absolute atomic E-state index is 12.3. The Labute approximate surface area is 88.4 Å². The predicted octanol–water partition coefficient (Wildman–Crippen LogP) is 0.661. The van der Waals surface area contributed by atoms with E-state index in [1.165, 1.54) is 9.44 Å². The van der Waals surface area contributed by atoms with Crippen molar-refractivity contribution in [2.75, 3.05) is 0 Å². The minimum absolute atomic E-state index is 0.819. The van der Waals surface area contributed by atoms with E-state index in [1.807, 2.05) is 0 Å². The van der Waals surface area contributed by atoms with Crippen molar-refractivity contribution in [3.05, 3.63) is 0 Å². The molecule has 8 heteroatoms. The maximum Gasteiger partial charge on any atom is 0.422 e. The van der Waals surface area contributed by atoms with Gasteiger partial charge in [0.1, 0.15) is 5.60 Å². The van der Waals surface area contributed by atoms with E-state index in [1.54, 1.807) is 20.8 Å². The molecule has 2 N–H and O–H groups in total. The Morgan fingerprint density at radius 3 is 2.20 bits per heavy atom. The minimum Gasteiger partial charge on any atom is -0.443 e. The number of nitrogens with one attached hydrogen (secondary N) is 2. The molecule has 1 atom stereocenters. The van der Waals surface area contributed by atoms with Gasteiger partial charge in [-0.05, 0) is 27.7 Å². The number of alkyl halides is 1. The van der Waals surface area contributed by atoms with Crippen LogP contribution in [0.2, 0.25) is 0 Å². The molecule has 0 aromatic rings. The number of rotatable bonds is 3. The lowest BCUT2D eigenvalue weighted by molar-refractivity contribution is 0.0569. The molecule has 0 aliphatic carbocycles. The third-order valence-corrected chi connectivity index (χ3v) is 2.00. The van der Waals surface area contributed by atoms with Crippen molar-refractivity contribution in [3.63, 3.8) is 0 Å². The second kappa shape index (κ2) is 4.75. The molecule has 0 aliphatic rings. The fraction of sp³-hybridized carbons (Fsp3) is 0.857. The number of carbonyl (C=O) groups excluding carboxylic acids is 1. The first-order chi connectivity index (χ1) is 6.52. The van der Waals surface area contributed by atoms with Crippen LogP contribution in [0, 0.1) is 0 Å². The number of carbonyl (C=O) groups is 1. The van der Waals surface area contributed by atoms with Crippen molar-refractivity contribution >= 4 is 16.3 Å². The number of hydrogen-bond acceptors (Lipinski definition) is 4. The summed E-state index contributed by atoms with van der Waals surface area (Å²) < 4.78 is 41.9. The topological polar surface area (TPSA) is 84.5 Å². The molecular formula is C7H15FN2O4S. The molecule has 0 aliphatic heterocycles. The Morgan fingerprint density at radius 2 is 1.87 bits per heavy atom. The smallest absolute Gasteiger partial charge is 0.422 e. The molecule has 90 valence electrons. The average Bonchev–Trinajstić information content (AvgIpc) is 1.73. The highest BCUT2D eigenvalue weighted by Gasteiger charge is 2.22. The van der Waals surface area contributed by atoms with Gasteiger partial charge in [-0.3, -0.25) is 0 Å². The normalized spacial score (nSPS) is 14.5. The fourth-order valence-electron chi connectivity index (χ4n) is 0.652. The van der Waals surface area contributed by atoms with Crippen molar-refractivity contribution in [1.29, 1.82) is 0 Å². The number of hydrogen-bond donors (Lipinski definition) is 2. The zero-order valence-corrected chi connectivity index (χ0v) is 9.81. The largest absolute Gasteiger partial charge is 0.443 e. The van der Waals surface area contributed by atoms with E-state index >= 15 is 0 Å². The molecule has 1 amide bonds. The highest BCUT2D eigenvalue weighted by molar-refractivity contribution is 7.88. The van der Waals surface area contributed by atoms with Crippen LogP contribution >= 0.6 is 0 Å². The summed E-state index contributed by atoms with van der Waals surface area (Å²) in [7, 11) is -4.20. The average molecular weight is 242 g/mol. The Kier molecular flexibility index (Phi) is 4.47. The van der Waals surface area contributed by atoms with Gasteiger partial charge in [-0.1, -0.05) is 0 Å². The van der Waals surface area contributed by atoms with Gasteiger partial charge in [0.25, 0.3) is 0 Å². The van der Waals surface area contributed by atoms with E-state index in [0.29, 0.717) is 0 Å². The SMILES string of the molecule is CC(F)NS(=O)(=O)NC(=O)OC(C)(C)C. The summed E-state index contributed by atoms with van der Waals surface area (Å²) in [5.74, 6) is 0. The predicted molar refractivity (Wildman–Crippen MR) is 52.0 cm³/mol. The third-order valence-electron chi connectivity index (χ3n) is 0.934. The first kappa shape index (κ1) is 14.1. The van der Waals surface area contributed by atoms with Gasteiger partial charge in [0.05, 0.1) is 0 Å². The van der Waals surface area contributed by atoms with Crippen LogP contribution in [-0.4, -0.2) is 26.4 Å².